The Bertz CT molecular complexity index is 727. The van der Waals surface area contributed by atoms with Crippen LogP contribution in [0.3, 0.4) is 0 Å². The van der Waals surface area contributed by atoms with Gasteiger partial charge in [-0.15, -0.1) is 0 Å². The summed E-state index contributed by atoms with van der Waals surface area (Å²) in [6.07, 6.45) is 4.60. The lowest BCUT2D eigenvalue weighted by Crippen LogP contribution is -2.20. The van der Waals surface area contributed by atoms with Crippen molar-refractivity contribution in [2.24, 2.45) is 11.3 Å². The number of nitrogens with zero attached hydrogens (tertiary/aromatic N) is 4. The Balaban J connectivity index is 1.94. The summed E-state index contributed by atoms with van der Waals surface area (Å²) < 4.78 is 1.85. The normalized spacial score (nSPS) is 19.8. The number of aromatic nitrogens is 4. The van der Waals surface area contributed by atoms with Gasteiger partial charge in [-0.1, -0.05) is 20.8 Å². The summed E-state index contributed by atoms with van der Waals surface area (Å²) in [4.78, 5) is 13.0. The van der Waals surface area contributed by atoms with E-state index in [-0.39, 0.29) is 23.9 Å². The molecule has 0 spiro atoms. The summed E-state index contributed by atoms with van der Waals surface area (Å²) in [5.41, 5.74) is 8.53. The van der Waals surface area contributed by atoms with Crippen molar-refractivity contribution in [2.45, 2.75) is 27.2 Å². The minimum Gasteiger partial charge on any atom is -0.396 e. The van der Waals surface area contributed by atoms with Gasteiger partial charge in [-0.2, -0.15) is 9.97 Å². The Kier molecular flexibility index (Phi) is 3.52. The van der Waals surface area contributed by atoms with Crippen molar-refractivity contribution in [3.63, 3.8) is 0 Å². The third-order valence-corrected chi connectivity index (χ3v) is 3.60. The zero-order valence-electron chi connectivity index (χ0n) is 13.2. The maximum absolute atomic E-state index is 9.13. The highest BCUT2D eigenvalue weighted by molar-refractivity contribution is 5.85. The molecule has 118 valence electrons. The minimum absolute atomic E-state index is 0.124. The van der Waals surface area contributed by atoms with Gasteiger partial charge in [-0.3, -0.25) is 4.57 Å². The molecule has 1 fully saturated rings. The van der Waals surface area contributed by atoms with Gasteiger partial charge < -0.3 is 16.2 Å². The smallest absolute Gasteiger partial charge is 0.224 e. The molecule has 7 nitrogen and oxygen atoms in total. The third-order valence-electron chi connectivity index (χ3n) is 3.60. The summed E-state index contributed by atoms with van der Waals surface area (Å²) >= 11 is 0. The van der Waals surface area contributed by atoms with Gasteiger partial charge in [0.25, 0.3) is 0 Å². The number of hydrogen-bond donors (Lipinski definition) is 3. The van der Waals surface area contributed by atoms with E-state index in [4.69, 9.17) is 10.8 Å². The number of imidazole rings is 1. The van der Waals surface area contributed by atoms with Gasteiger partial charge in [0.15, 0.2) is 17.0 Å². The maximum atomic E-state index is 9.13. The van der Waals surface area contributed by atoms with Gasteiger partial charge in [-0.05, 0) is 17.4 Å². The van der Waals surface area contributed by atoms with Crippen LogP contribution in [0.1, 0.15) is 27.2 Å². The molecule has 0 bridgehead atoms. The molecule has 2 aromatic rings. The molecule has 4 N–H and O–H groups in total. The topological polar surface area (TPSA) is 102 Å². The second kappa shape index (κ2) is 5.24. The number of aliphatic hydroxyl groups excluding tert-OH is 1. The minimum atomic E-state index is 0.124. The quantitative estimate of drug-likeness (QED) is 0.795. The van der Waals surface area contributed by atoms with Crippen molar-refractivity contribution in [3.8, 4) is 0 Å². The molecule has 0 amide bonds. The number of aliphatic hydroxyl groups is 1. The first-order valence-electron chi connectivity index (χ1n) is 7.43. The highest BCUT2D eigenvalue weighted by atomic mass is 16.3. The predicted molar refractivity (Wildman–Crippen MR) is 87.1 cm³/mol. The van der Waals surface area contributed by atoms with Crippen molar-refractivity contribution in [2.75, 3.05) is 24.2 Å². The SMILES string of the molecule is CC(C)(C)CNc1nc(N)nc2c1ncn2/C=C1/C[C@@H]1CO. The van der Waals surface area contributed by atoms with Crippen LogP contribution in [-0.2, 0) is 0 Å². The van der Waals surface area contributed by atoms with Crippen molar-refractivity contribution in [1.82, 2.24) is 19.5 Å². The molecule has 0 aromatic carbocycles. The second-order valence-electron chi connectivity index (χ2n) is 6.96. The summed E-state index contributed by atoms with van der Waals surface area (Å²) in [7, 11) is 0. The molecule has 3 rings (SSSR count). The summed E-state index contributed by atoms with van der Waals surface area (Å²) in [6, 6.07) is 0. The van der Waals surface area contributed by atoms with E-state index in [9.17, 15) is 0 Å². The fourth-order valence-electron chi connectivity index (χ4n) is 2.24. The predicted octanol–water partition coefficient (Wildman–Crippen LogP) is 1.72. The van der Waals surface area contributed by atoms with Crippen LogP contribution in [0.15, 0.2) is 11.9 Å². The number of fused-ring (bicyclic) bond motifs is 1. The number of anilines is 2. The lowest BCUT2D eigenvalue weighted by Gasteiger charge is -2.19. The molecule has 2 heterocycles. The van der Waals surface area contributed by atoms with E-state index in [1.807, 2.05) is 10.8 Å². The fraction of sp³-hybridized carbons (Fsp3) is 0.533. The Morgan fingerprint density at radius 1 is 1.45 bits per heavy atom. The molecular formula is C15H22N6O. The Morgan fingerprint density at radius 2 is 2.23 bits per heavy atom. The number of nitrogen functional groups attached to an aromatic ring is 1. The first kappa shape index (κ1) is 14.8. The Labute approximate surface area is 129 Å². The van der Waals surface area contributed by atoms with Crippen LogP contribution in [-0.4, -0.2) is 37.8 Å². The zero-order valence-corrected chi connectivity index (χ0v) is 13.2. The molecule has 22 heavy (non-hydrogen) atoms. The summed E-state index contributed by atoms with van der Waals surface area (Å²) in [6.45, 7) is 7.39. The van der Waals surface area contributed by atoms with Crippen LogP contribution in [0.5, 0.6) is 0 Å². The second-order valence-corrected chi connectivity index (χ2v) is 6.96. The fourth-order valence-corrected chi connectivity index (χ4v) is 2.24. The molecule has 2 aromatic heterocycles. The molecule has 1 aliphatic carbocycles. The first-order valence-corrected chi connectivity index (χ1v) is 7.43. The van der Waals surface area contributed by atoms with Gasteiger partial charge in [0.2, 0.25) is 5.95 Å². The lowest BCUT2D eigenvalue weighted by atomic mass is 9.97. The van der Waals surface area contributed by atoms with Gasteiger partial charge in [-0.25, -0.2) is 4.98 Å². The molecule has 0 radical (unpaired) electrons. The Morgan fingerprint density at radius 3 is 2.86 bits per heavy atom. The third kappa shape index (κ3) is 3.04. The average Bonchev–Trinajstić information content (AvgIpc) is 3.08. The molecule has 0 aliphatic heterocycles. The van der Waals surface area contributed by atoms with E-state index in [0.717, 1.165) is 13.0 Å². The molecule has 0 unspecified atom stereocenters. The van der Waals surface area contributed by atoms with Crippen LogP contribution in [0.25, 0.3) is 17.4 Å². The molecule has 0 saturated heterocycles. The van der Waals surface area contributed by atoms with Crippen molar-refractivity contribution in [3.05, 3.63) is 11.9 Å². The number of nitrogens with two attached hydrogens (primary N) is 1. The average molecular weight is 302 g/mol. The van der Waals surface area contributed by atoms with E-state index in [0.29, 0.717) is 17.0 Å². The monoisotopic (exact) mass is 302 g/mol. The zero-order chi connectivity index (χ0) is 15.9. The van der Waals surface area contributed by atoms with E-state index in [2.05, 4.69) is 41.0 Å². The van der Waals surface area contributed by atoms with Gasteiger partial charge >= 0.3 is 0 Å². The van der Waals surface area contributed by atoms with E-state index in [1.165, 1.54) is 5.57 Å². The standard InChI is InChI=1S/C15H22N6O/c1-15(2,3)7-17-12-11-13(20-14(16)19-12)21(8-18-11)5-9-4-10(9)6-22/h5,8,10,22H,4,6-7H2,1-3H3,(H3,16,17,19,20)/b9-5-/t10-/m1/s1. The highest BCUT2D eigenvalue weighted by Gasteiger charge is 2.29. The van der Waals surface area contributed by atoms with Crippen LogP contribution in [0, 0.1) is 11.3 Å². The van der Waals surface area contributed by atoms with E-state index in [1.54, 1.807) is 6.33 Å². The van der Waals surface area contributed by atoms with Crippen LogP contribution >= 0.6 is 0 Å². The lowest BCUT2D eigenvalue weighted by molar-refractivity contribution is 0.281. The molecule has 1 atom stereocenters. The first-order chi connectivity index (χ1) is 10.4. The summed E-state index contributed by atoms with van der Waals surface area (Å²) in [5.74, 6) is 1.15. The van der Waals surface area contributed by atoms with E-state index < -0.39 is 0 Å². The number of hydrogen-bond acceptors (Lipinski definition) is 6. The summed E-state index contributed by atoms with van der Waals surface area (Å²) in [5, 5.41) is 12.4. The van der Waals surface area contributed by atoms with Crippen molar-refractivity contribution in [1.29, 1.82) is 0 Å². The molecular weight excluding hydrogens is 280 g/mol. The number of rotatable bonds is 4. The van der Waals surface area contributed by atoms with E-state index >= 15 is 0 Å². The van der Waals surface area contributed by atoms with Crippen molar-refractivity contribution >= 4 is 29.1 Å². The highest BCUT2D eigenvalue weighted by Crippen LogP contribution is 2.38. The molecule has 7 heteroatoms. The molecule has 1 aliphatic rings. The maximum Gasteiger partial charge on any atom is 0.224 e. The van der Waals surface area contributed by atoms with Gasteiger partial charge in [0, 0.05) is 25.3 Å². The molecule has 1 saturated carbocycles. The van der Waals surface area contributed by atoms with Crippen LogP contribution in [0.2, 0.25) is 0 Å². The van der Waals surface area contributed by atoms with Gasteiger partial charge in [0.05, 0.1) is 0 Å². The Hall–Kier alpha value is -2.15. The number of nitrogens with one attached hydrogen (secondary N) is 1. The van der Waals surface area contributed by atoms with Crippen LogP contribution in [0.4, 0.5) is 11.8 Å². The van der Waals surface area contributed by atoms with Crippen molar-refractivity contribution < 1.29 is 5.11 Å². The van der Waals surface area contributed by atoms with Gasteiger partial charge in [0.1, 0.15) is 6.33 Å². The van der Waals surface area contributed by atoms with Crippen LogP contribution < -0.4 is 11.1 Å². The largest absolute Gasteiger partial charge is 0.396 e.